The molecule has 1 heterocycles. The van der Waals surface area contributed by atoms with Crippen molar-refractivity contribution in [3.8, 4) is 0 Å². The van der Waals surface area contributed by atoms with Crippen molar-refractivity contribution in [1.82, 2.24) is 0 Å². The fourth-order valence-electron chi connectivity index (χ4n) is 0.267. The van der Waals surface area contributed by atoms with Gasteiger partial charge in [-0.15, -0.1) is 0 Å². The van der Waals surface area contributed by atoms with Crippen molar-refractivity contribution in [3.63, 3.8) is 0 Å². The van der Waals surface area contributed by atoms with Crippen LogP contribution in [0.15, 0.2) is 0 Å². The maximum Gasteiger partial charge on any atom is 0.0913 e. The van der Waals surface area contributed by atoms with Gasteiger partial charge in [-0.1, -0.05) is 10.8 Å². The lowest BCUT2D eigenvalue weighted by Gasteiger charge is -1.91. The molecule has 1 fully saturated rings. The van der Waals surface area contributed by atoms with E-state index >= 15 is 0 Å². The minimum Gasteiger partial charge on any atom is -0.264 e. The molecule has 44 valence electrons. The third kappa shape index (κ3) is 0.977. The number of rotatable bonds is 0. The van der Waals surface area contributed by atoms with Crippen LogP contribution in [-0.2, 0) is 6.14 Å². The first-order valence-corrected chi connectivity index (χ1v) is 7.88. The molecular formula is C3H7IOS2. The lowest BCUT2D eigenvalue weighted by molar-refractivity contribution is 0.687. The van der Waals surface area contributed by atoms with E-state index in [1.807, 2.05) is 35.1 Å². The van der Waals surface area contributed by atoms with Gasteiger partial charge in [-0.3, -0.25) is 4.21 Å². The summed E-state index contributed by atoms with van der Waals surface area (Å²) in [6.07, 6.45) is -1.71. The average molecular weight is 250 g/mol. The summed E-state index contributed by atoms with van der Waals surface area (Å²) in [7, 11) is 1.59. The van der Waals surface area contributed by atoms with E-state index in [0.29, 0.717) is 0 Å². The summed E-state index contributed by atoms with van der Waals surface area (Å²) in [5, 5.41) is 0. The Bertz CT molecular complexity index is 142. The van der Waals surface area contributed by atoms with Crippen molar-refractivity contribution in [2.45, 2.75) is 17.9 Å². The highest BCUT2D eigenvalue weighted by Crippen LogP contribution is 2.66. The van der Waals surface area contributed by atoms with Gasteiger partial charge in [0.25, 0.3) is 0 Å². The Hall–Kier alpha value is 1.23. The van der Waals surface area contributed by atoms with Crippen molar-refractivity contribution in [1.29, 1.82) is 0 Å². The first kappa shape index (κ1) is 6.35. The molecule has 1 aliphatic rings. The predicted molar refractivity (Wildman–Crippen MR) is 45.2 cm³/mol. The topological polar surface area (TPSA) is 17.1 Å². The zero-order chi connectivity index (χ0) is 5.71. The van der Waals surface area contributed by atoms with Gasteiger partial charge >= 0.3 is 0 Å². The van der Waals surface area contributed by atoms with E-state index < -0.39 is 6.14 Å². The minimum atomic E-state index is -1.71. The summed E-state index contributed by atoms with van der Waals surface area (Å²) in [5.74, 6) is 0. The fourth-order valence-corrected chi connectivity index (χ4v) is 8.90. The van der Waals surface area contributed by atoms with Gasteiger partial charge in [0, 0.05) is 27.3 Å². The molecule has 0 unspecified atom stereocenters. The molecule has 1 rings (SSSR count). The minimum absolute atomic E-state index is 0.105. The lowest BCUT2D eigenvalue weighted by Crippen LogP contribution is -1.96. The maximum absolute atomic E-state index is 10.9. The predicted octanol–water partition coefficient (Wildman–Crippen LogP) is 1.75. The normalized spacial score (nSPS) is 37.0. The zero-order valence-electron chi connectivity index (χ0n) is 4.14. The summed E-state index contributed by atoms with van der Waals surface area (Å²) in [4.78, 5) is 0. The Labute approximate surface area is 60.0 Å². The standard InChI is InChI=1S/C3H7IOS2/c1-3(2)6-7(3,4)5/h7H,1-2H3. The SMILES string of the molecule is CC1(C)S[SH]1(=O)I. The Kier molecular flexibility index (Phi) is 1.26. The second-order valence-corrected chi connectivity index (χ2v) is 13.7. The lowest BCUT2D eigenvalue weighted by atomic mass is 10.6. The highest BCUT2D eigenvalue weighted by molar-refractivity contribution is 14.2. The van der Waals surface area contributed by atoms with Gasteiger partial charge in [-0.25, -0.2) is 0 Å². The first-order chi connectivity index (χ1) is 2.96. The van der Waals surface area contributed by atoms with Gasteiger partial charge in [-0.2, -0.15) is 0 Å². The van der Waals surface area contributed by atoms with Gasteiger partial charge in [0.2, 0.25) is 0 Å². The Morgan fingerprint density at radius 3 is 1.86 bits per heavy atom. The van der Waals surface area contributed by atoms with Crippen molar-refractivity contribution >= 4 is 38.1 Å². The number of hydrogen-bond donors (Lipinski definition) is 1. The Morgan fingerprint density at radius 2 is 1.86 bits per heavy atom. The largest absolute Gasteiger partial charge is 0.264 e. The molecule has 0 saturated carbocycles. The molecule has 1 saturated heterocycles. The van der Waals surface area contributed by atoms with Crippen LogP contribution in [0.3, 0.4) is 0 Å². The van der Waals surface area contributed by atoms with Crippen LogP contribution in [-0.4, -0.2) is 8.29 Å². The summed E-state index contributed by atoms with van der Waals surface area (Å²) in [6, 6.07) is 0. The van der Waals surface area contributed by atoms with Gasteiger partial charge in [0.15, 0.2) is 0 Å². The summed E-state index contributed by atoms with van der Waals surface area (Å²) in [6.45, 7) is 4.04. The molecule has 0 radical (unpaired) electrons. The van der Waals surface area contributed by atoms with E-state index in [1.54, 1.807) is 10.8 Å². The molecule has 0 aromatic rings. The van der Waals surface area contributed by atoms with Crippen LogP contribution in [0.5, 0.6) is 0 Å². The van der Waals surface area contributed by atoms with Crippen LogP contribution >= 0.6 is 32.0 Å². The molecular weight excluding hydrogens is 243 g/mol. The van der Waals surface area contributed by atoms with E-state index in [0.717, 1.165) is 0 Å². The number of hydrogen-bond acceptors (Lipinski definition) is 2. The fraction of sp³-hybridized carbons (Fsp3) is 1.00. The van der Waals surface area contributed by atoms with Gasteiger partial charge < -0.3 is 0 Å². The third-order valence-corrected chi connectivity index (χ3v) is 12.9. The van der Waals surface area contributed by atoms with Crippen LogP contribution < -0.4 is 0 Å². The summed E-state index contributed by atoms with van der Waals surface area (Å²) >= 11 is 2.05. The summed E-state index contributed by atoms with van der Waals surface area (Å²) < 4.78 is 11.0. The van der Waals surface area contributed by atoms with Crippen molar-refractivity contribution < 1.29 is 4.21 Å². The van der Waals surface area contributed by atoms with Crippen LogP contribution in [0.2, 0.25) is 0 Å². The average Bonchev–Trinajstić information content (AvgIpc) is 1.63. The third-order valence-electron chi connectivity index (χ3n) is 0.952. The quantitative estimate of drug-likeness (QED) is 0.232. The zero-order valence-corrected chi connectivity index (χ0v) is 8.01. The van der Waals surface area contributed by atoms with Crippen LogP contribution in [0.25, 0.3) is 0 Å². The van der Waals surface area contributed by atoms with Crippen LogP contribution in [0.1, 0.15) is 13.8 Å². The molecule has 1 nitrogen and oxygen atoms in total. The molecule has 0 aliphatic carbocycles. The smallest absolute Gasteiger partial charge is 0.0913 e. The van der Waals surface area contributed by atoms with E-state index in [9.17, 15) is 4.21 Å². The van der Waals surface area contributed by atoms with Gasteiger partial charge in [0.1, 0.15) is 0 Å². The Balaban J connectivity index is 2.78. The molecule has 4 heteroatoms. The molecule has 0 aromatic carbocycles. The van der Waals surface area contributed by atoms with E-state index in [1.165, 1.54) is 0 Å². The van der Waals surface area contributed by atoms with Crippen molar-refractivity contribution in [2.24, 2.45) is 0 Å². The summed E-state index contributed by atoms with van der Waals surface area (Å²) in [5.41, 5.74) is 0. The van der Waals surface area contributed by atoms with Gasteiger partial charge in [-0.05, 0) is 13.8 Å². The molecule has 0 amide bonds. The number of halogens is 1. The first-order valence-electron chi connectivity index (χ1n) is 1.96. The second kappa shape index (κ2) is 1.39. The highest BCUT2D eigenvalue weighted by Gasteiger charge is 2.52. The van der Waals surface area contributed by atoms with E-state index in [2.05, 4.69) is 0 Å². The molecule has 0 spiro atoms. The maximum atomic E-state index is 10.9. The molecule has 0 aromatic heterocycles. The van der Waals surface area contributed by atoms with Crippen molar-refractivity contribution in [3.05, 3.63) is 0 Å². The van der Waals surface area contributed by atoms with Crippen LogP contribution in [0, 0.1) is 0 Å². The monoisotopic (exact) mass is 250 g/mol. The van der Waals surface area contributed by atoms with E-state index in [4.69, 9.17) is 0 Å². The number of thiol groups is 1. The second-order valence-electron chi connectivity index (χ2n) is 2.02. The van der Waals surface area contributed by atoms with Gasteiger partial charge in [0.05, 0.1) is 4.08 Å². The highest BCUT2D eigenvalue weighted by atomic mass is 127. The van der Waals surface area contributed by atoms with Crippen LogP contribution in [0.4, 0.5) is 0 Å². The molecule has 1 aliphatic heterocycles. The molecule has 0 bridgehead atoms. The molecule has 7 heavy (non-hydrogen) atoms. The van der Waals surface area contributed by atoms with Crippen molar-refractivity contribution in [2.75, 3.05) is 0 Å². The Morgan fingerprint density at radius 1 is 1.71 bits per heavy atom. The molecule has 0 atom stereocenters. The molecule has 0 N–H and O–H groups in total. The van der Waals surface area contributed by atoms with E-state index in [-0.39, 0.29) is 4.08 Å².